The normalized spacial score (nSPS) is 18.8. The summed E-state index contributed by atoms with van der Waals surface area (Å²) in [7, 11) is 0. The molecule has 1 fully saturated rings. The smallest absolute Gasteiger partial charge is 0.101 e. The second-order valence-corrected chi connectivity index (χ2v) is 9.22. The molecule has 30 heavy (non-hydrogen) atoms. The second kappa shape index (κ2) is 12.5. The Morgan fingerprint density at radius 2 is 1.50 bits per heavy atom. The average Bonchev–Trinajstić information content (AvgIpc) is 2.81. The van der Waals surface area contributed by atoms with Gasteiger partial charge < -0.3 is 0 Å². The second-order valence-electron chi connectivity index (χ2n) is 9.22. The predicted molar refractivity (Wildman–Crippen MR) is 126 cm³/mol. The van der Waals surface area contributed by atoms with Crippen LogP contribution in [0.15, 0.2) is 42.6 Å². The van der Waals surface area contributed by atoms with E-state index in [9.17, 15) is 0 Å². The van der Waals surface area contributed by atoms with Crippen molar-refractivity contribution >= 4 is 0 Å². The number of hydrogen-bond acceptors (Lipinski definition) is 2. The lowest BCUT2D eigenvalue weighted by atomic mass is 9.77. The minimum atomic E-state index is 0.608. The van der Waals surface area contributed by atoms with Gasteiger partial charge in [-0.25, -0.2) is 0 Å². The zero-order valence-electron chi connectivity index (χ0n) is 18.8. The number of aryl methyl sites for hydroxylation is 1. The molecule has 0 N–H and O–H groups in total. The fourth-order valence-electron chi connectivity index (χ4n) is 4.87. The van der Waals surface area contributed by atoms with E-state index in [1.807, 2.05) is 12.1 Å². The van der Waals surface area contributed by atoms with Crippen LogP contribution < -0.4 is 0 Å². The van der Waals surface area contributed by atoms with Gasteiger partial charge in [0.1, 0.15) is 6.07 Å². The van der Waals surface area contributed by atoms with Crippen LogP contribution in [0.5, 0.6) is 0 Å². The molecule has 1 aliphatic rings. The summed E-state index contributed by atoms with van der Waals surface area (Å²) in [5.74, 6) is 1.93. The molecule has 2 nitrogen and oxygen atoms in total. The number of hydrogen-bond donors (Lipinski definition) is 0. The molecule has 1 aromatic heterocycles. The van der Waals surface area contributed by atoms with Gasteiger partial charge in [0.2, 0.25) is 0 Å². The summed E-state index contributed by atoms with van der Waals surface area (Å²) in [6, 6.07) is 14.7. The van der Waals surface area contributed by atoms with Crippen molar-refractivity contribution in [2.75, 3.05) is 0 Å². The van der Waals surface area contributed by atoms with Crippen molar-refractivity contribution in [3.8, 4) is 17.3 Å². The lowest BCUT2D eigenvalue weighted by Crippen LogP contribution is -2.15. The molecule has 1 saturated carbocycles. The largest absolute Gasteiger partial charge is 0.255 e. The van der Waals surface area contributed by atoms with Crippen LogP contribution in [-0.4, -0.2) is 4.98 Å². The topological polar surface area (TPSA) is 36.7 Å². The van der Waals surface area contributed by atoms with E-state index in [2.05, 4.69) is 42.2 Å². The van der Waals surface area contributed by atoms with E-state index in [0.29, 0.717) is 5.56 Å². The third-order valence-electron chi connectivity index (χ3n) is 6.92. The lowest BCUT2D eigenvalue weighted by molar-refractivity contribution is 0.248. The number of nitriles is 1. The Balaban J connectivity index is 1.34. The standard InChI is InChI=1S/C28H38N2/c1-2-3-4-5-6-7-8-23-9-11-24(12-10-23)13-14-25-15-18-27(19-16-25)28-20-17-26(21-29)22-30-28/h15-20,22-24H,2-14H2,1H3/t23-,24-. The maximum Gasteiger partial charge on any atom is 0.101 e. The van der Waals surface area contributed by atoms with Gasteiger partial charge in [-0.3, -0.25) is 4.98 Å². The molecule has 1 aliphatic carbocycles. The van der Waals surface area contributed by atoms with Gasteiger partial charge in [0.05, 0.1) is 11.3 Å². The van der Waals surface area contributed by atoms with Crippen LogP contribution in [0, 0.1) is 23.2 Å². The third-order valence-corrected chi connectivity index (χ3v) is 6.92. The Bertz CT molecular complexity index is 762. The molecule has 0 bridgehead atoms. The Morgan fingerprint density at radius 1 is 0.833 bits per heavy atom. The van der Waals surface area contributed by atoms with Gasteiger partial charge in [-0.1, -0.05) is 102 Å². The molecule has 0 amide bonds. The van der Waals surface area contributed by atoms with Crippen LogP contribution in [0.2, 0.25) is 0 Å². The predicted octanol–water partition coefficient (Wildman–Crippen LogP) is 8.11. The number of benzene rings is 1. The first kappa shape index (κ1) is 22.5. The van der Waals surface area contributed by atoms with E-state index < -0.39 is 0 Å². The van der Waals surface area contributed by atoms with Crippen LogP contribution in [0.4, 0.5) is 0 Å². The molecule has 0 saturated heterocycles. The van der Waals surface area contributed by atoms with Crippen LogP contribution in [0.3, 0.4) is 0 Å². The minimum absolute atomic E-state index is 0.608. The number of aromatic nitrogens is 1. The van der Waals surface area contributed by atoms with Gasteiger partial charge in [0.15, 0.2) is 0 Å². The molecule has 3 rings (SSSR count). The van der Waals surface area contributed by atoms with Crippen LogP contribution >= 0.6 is 0 Å². The zero-order chi connectivity index (χ0) is 21.0. The minimum Gasteiger partial charge on any atom is -0.255 e. The molecule has 1 heterocycles. The maximum atomic E-state index is 8.90. The molecule has 2 aromatic rings. The first-order chi connectivity index (χ1) is 14.8. The summed E-state index contributed by atoms with van der Waals surface area (Å²) >= 11 is 0. The molecule has 160 valence electrons. The summed E-state index contributed by atoms with van der Waals surface area (Å²) < 4.78 is 0. The van der Waals surface area contributed by atoms with Gasteiger partial charge >= 0.3 is 0 Å². The Hall–Kier alpha value is -2.14. The molecule has 1 aromatic carbocycles. The van der Waals surface area contributed by atoms with Gasteiger partial charge in [-0.15, -0.1) is 0 Å². The summed E-state index contributed by atoms with van der Waals surface area (Å²) in [6.45, 7) is 2.29. The fraction of sp³-hybridized carbons (Fsp3) is 0.571. The van der Waals surface area contributed by atoms with E-state index in [1.54, 1.807) is 6.20 Å². The molecule has 0 spiro atoms. The Morgan fingerprint density at radius 3 is 2.13 bits per heavy atom. The number of unbranched alkanes of at least 4 members (excludes halogenated alkanes) is 5. The zero-order valence-corrected chi connectivity index (χ0v) is 18.8. The van der Waals surface area contributed by atoms with Gasteiger partial charge in [-0.05, 0) is 42.4 Å². The number of rotatable bonds is 11. The molecule has 0 radical (unpaired) electrons. The van der Waals surface area contributed by atoms with Crippen LogP contribution in [0.25, 0.3) is 11.3 Å². The van der Waals surface area contributed by atoms with Crippen molar-refractivity contribution in [3.05, 3.63) is 53.7 Å². The summed E-state index contributed by atoms with van der Waals surface area (Å²) in [5.41, 5.74) is 4.10. The Kier molecular flexibility index (Phi) is 9.42. The van der Waals surface area contributed by atoms with E-state index in [1.165, 1.54) is 89.0 Å². The van der Waals surface area contributed by atoms with Crippen molar-refractivity contribution in [1.82, 2.24) is 4.98 Å². The third kappa shape index (κ3) is 7.28. The molecule has 0 unspecified atom stereocenters. The van der Waals surface area contributed by atoms with Gasteiger partial charge in [0, 0.05) is 11.8 Å². The number of nitrogens with zero attached hydrogens (tertiary/aromatic N) is 2. The van der Waals surface area contributed by atoms with Crippen LogP contribution in [0.1, 0.15) is 95.1 Å². The van der Waals surface area contributed by atoms with E-state index in [-0.39, 0.29) is 0 Å². The molecule has 0 aliphatic heterocycles. The van der Waals surface area contributed by atoms with Crippen molar-refractivity contribution in [2.45, 2.75) is 90.4 Å². The highest BCUT2D eigenvalue weighted by Gasteiger charge is 2.20. The molecule has 2 heteroatoms. The lowest BCUT2D eigenvalue weighted by Gasteiger charge is -2.28. The molecular weight excluding hydrogens is 364 g/mol. The van der Waals surface area contributed by atoms with Crippen molar-refractivity contribution in [1.29, 1.82) is 5.26 Å². The van der Waals surface area contributed by atoms with E-state index in [0.717, 1.165) is 23.1 Å². The summed E-state index contributed by atoms with van der Waals surface area (Å²) in [5, 5.41) is 8.90. The first-order valence-corrected chi connectivity index (χ1v) is 12.2. The monoisotopic (exact) mass is 402 g/mol. The van der Waals surface area contributed by atoms with Crippen LogP contribution in [-0.2, 0) is 6.42 Å². The highest BCUT2D eigenvalue weighted by atomic mass is 14.7. The quantitative estimate of drug-likeness (QED) is 0.356. The van der Waals surface area contributed by atoms with Crippen molar-refractivity contribution in [3.63, 3.8) is 0 Å². The van der Waals surface area contributed by atoms with Gasteiger partial charge in [0.25, 0.3) is 0 Å². The maximum absolute atomic E-state index is 8.90. The van der Waals surface area contributed by atoms with Crippen molar-refractivity contribution < 1.29 is 0 Å². The average molecular weight is 403 g/mol. The number of pyridine rings is 1. The highest BCUT2D eigenvalue weighted by molar-refractivity contribution is 5.59. The Labute approximate surface area is 183 Å². The van der Waals surface area contributed by atoms with Gasteiger partial charge in [-0.2, -0.15) is 5.26 Å². The SMILES string of the molecule is CCCCCCCC[C@H]1CC[C@H](CCc2ccc(-c3ccc(C#N)cn3)cc2)CC1. The fourth-order valence-corrected chi connectivity index (χ4v) is 4.87. The molecular formula is C28H38N2. The molecule has 0 atom stereocenters. The summed E-state index contributed by atoms with van der Waals surface area (Å²) in [6.07, 6.45) is 20.0. The van der Waals surface area contributed by atoms with E-state index >= 15 is 0 Å². The van der Waals surface area contributed by atoms with Crippen molar-refractivity contribution in [2.24, 2.45) is 11.8 Å². The summed E-state index contributed by atoms with van der Waals surface area (Å²) in [4.78, 5) is 4.39. The first-order valence-electron chi connectivity index (χ1n) is 12.2. The van der Waals surface area contributed by atoms with E-state index in [4.69, 9.17) is 5.26 Å². The highest BCUT2D eigenvalue weighted by Crippen LogP contribution is 2.34.